The summed E-state index contributed by atoms with van der Waals surface area (Å²) < 4.78 is 22.5. The summed E-state index contributed by atoms with van der Waals surface area (Å²) in [5, 5.41) is 21.4. The molecule has 0 fully saturated rings. The molecule has 5 N–H and O–H groups in total. The van der Waals surface area contributed by atoms with E-state index in [9.17, 15) is 13.5 Å². The van der Waals surface area contributed by atoms with Gasteiger partial charge in [0.15, 0.2) is 0 Å². The normalized spacial score (nSPS) is 17.5. The number of aryl methyl sites for hydroxylation is 1. The fraction of sp³-hybridized carbons (Fsp3) is 0.500. The first-order valence-electron chi connectivity index (χ1n) is 11.1. The predicted molar refractivity (Wildman–Crippen MR) is 129 cm³/mol. The number of primary sulfonamides is 1. The smallest absolute Gasteiger partial charge is 0.238 e. The minimum Gasteiger partial charge on any atom is -0.508 e. The number of nitrogens with two attached hydrogens (primary N) is 1. The van der Waals surface area contributed by atoms with Gasteiger partial charge in [-0.15, -0.1) is 0 Å². The van der Waals surface area contributed by atoms with Crippen LogP contribution in [0.25, 0.3) is 0 Å². The van der Waals surface area contributed by atoms with Crippen LogP contribution in [-0.4, -0.2) is 39.7 Å². The van der Waals surface area contributed by atoms with E-state index in [2.05, 4.69) is 24.5 Å². The number of hydrogen-bond acceptors (Lipinski definition) is 5. The first-order valence-corrected chi connectivity index (χ1v) is 12.6. The van der Waals surface area contributed by atoms with E-state index in [4.69, 9.17) is 5.14 Å². The number of phenols is 1. The van der Waals surface area contributed by atoms with Crippen LogP contribution in [0.2, 0.25) is 0 Å². The second kappa shape index (κ2) is 13.5. The first-order chi connectivity index (χ1) is 14.8. The molecule has 174 valence electrons. The Labute approximate surface area is 188 Å². The van der Waals surface area contributed by atoms with Gasteiger partial charge in [-0.1, -0.05) is 45.9 Å². The molecular weight excluding hydrogens is 410 g/mol. The molecule has 0 saturated carbocycles. The highest BCUT2D eigenvalue weighted by Crippen LogP contribution is 2.33. The molecule has 0 bridgehead atoms. The van der Waals surface area contributed by atoms with Gasteiger partial charge in [0.1, 0.15) is 5.75 Å². The summed E-state index contributed by atoms with van der Waals surface area (Å²) in [4.78, 5) is 0.140. The highest BCUT2D eigenvalue weighted by atomic mass is 32.2. The minimum atomic E-state index is -3.63. The molecule has 0 heterocycles. The molecule has 1 aliphatic carbocycles. The highest BCUT2D eigenvalue weighted by molar-refractivity contribution is 7.89. The van der Waals surface area contributed by atoms with Crippen molar-refractivity contribution in [2.24, 2.45) is 5.14 Å². The van der Waals surface area contributed by atoms with Crippen LogP contribution in [0.1, 0.15) is 56.7 Å². The van der Waals surface area contributed by atoms with E-state index in [-0.39, 0.29) is 4.90 Å². The maximum absolute atomic E-state index is 11.3. The summed E-state index contributed by atoms with van der Waals surface area (Å²) >= 11 is 0. The van der Waals surface area contributed by atoms with Crippen LogP contribution in [0.3, 0.4) is 0 Å². The third-order valence-corrected chi connectivity index (χ3v) is 6.30. The van der Waals surface area contributed by atoms with Gasteiger partial charge in [0.2, 0.25) is 10.0 Å². The molecule has 6 nitrogen and oxygen atoms in total. The number of sulfonamides is 1. The number of fused-ring (bicyclic) bond motifs is 1. The summed E-state index contributed by atoms with van der Waals surface area (Å²) in [6, 6.07) is 12.7. The molecule has 2 aromatic rings. The molecule has 0 aromatic heterocycles. The quantitative estimate of drug-likeness (QED) is 0.540. The van der Waals surface area contributed by atoms with Crippen molar-refractivity contribution in [2.75, 3.05) is 20.1 Å². The second-order valence-electron chi connectivity index (χ2n) is 7.42. The van der Waals surface area contributed by atoms with E-state index in [1.165, 1.54) is 11.1 Å². The van der Waals surface area contributed by atoms with E-state index in [0.717, 1.165) is 37.9 Å². The largest absolute Gasteiger partial charge is 0.508 e. The number of nitrogens with one attached hydrogen (secondary N) is 2. The molecular formula is C24H39N3O3S. The topological polar surface area (TPSA) is 104 Å². The van der Waals surface area contributed by atoms with E-state index in [1.54, 1.807) is 30.3 Å². The van der Waals surface area contributed by atoms with Gasteiger partial charge in [0.25, 0.3) is 0 Å². The Hall–Kier alpha value is -1.93. The Balaban J connectivity index is 0.000000720. The molecule has 0 spiro atoms. The maximum atomic E-state index is 11.3. The molecule has 0 radical (unpaired) electrons. The Kier molecular flexibility index (Phi) is 11.8. The van der Waals surface area contributed by atoms with E-state index < -0.39 is 10.0 Å². The zero-order valence-electron chi connectivity index (χ0n) is 19.5. The Morgan fingerprint density at radius 2 is 1.74 bits per heavy atom. The summed E-state index contributed by atoms with van der Waals surface area (Å²) in [6.45, 7) is 10.1. The summed E-state index contributed by atoms with van der Waals surface area (Å²) in [7, 11) is -1.70. The third kappa shape index (κ3) is 8.61. The van der Waals surface area contributed by atoms with Gasteiger partial charge in [0, 0.05) is 6.04 Å². The Morgan fingerprint density at radius 1 is 1.13 bits per heavy atom. The first kappa shape index (κ1) is 27.1. The number of benzene rings is 2. The van der Waals surface area contributed by atoms with Crippen molar-refractivity contribution in [3.63, 3.8) is 0 Å². The van der Waals surface area contributed by atoms with E-state index in [0.29, 0.717) is 17.7 Å². The highest BCUT2D eigenvalue weighted by Gasteiger charge is 2.25. The van der Waals surface area contributed by atoms with Gasteiger partial charge in [0.05, 0.1) is 4.90 Å². The van der Waals surface area contributed by atoms with Crippen molar-refractivity contribution in [2.45, 2.75) is 63.8 Å². The number of phenolic OH excluding ortho intramolecular Hbond substituents is 1. The average Bonchev–Trinajstić information content (AvgIpc) is 2.77. The zero-order chi connectivity index (χ0) is 23.4. The summed E-state index contributed by atoms with van der Waals surface area (Å²) in [5.74, 6) is 0.668. The molecule has 2 unspecified atom stereocenters. The molecule has 0 saturated heterocycles. The molecule has 0 aliphatic heterocycles. The third-order valence-electron chi connectivity index (χ3n) is 5.37. The lowest BCUT2D eigenvalue weighted by molar-refractivity contribution is 0.403. The van der Waals surface area contributed by atoms with Crippen LogP contribution in [0.4, 0.5) is 0 Å². The summed E-state index contributed by atoms with van der Waals surface area (Å²) in [6.07, 6.45) is 2.91. The van der Waals surface area contributed by atoms with Crippen molar-refractivity contribution in [3.05, 3.63) is 59.2 Å². The number of rotatable bonds is 6. The SMILES string of the molecule is CC.CC1c2cc(O)ccc2CCC1NCCc1ccc(S(N)(=O)=O)cc1.CCNC. The minimum absolute atomic E-state index is 0.140. The van der Waals surface area contributed by atoms with Gasteiger partial charge >= 0.3 is 0 Å². The van der Waals surface area contributed by atoms with Gasteiger partial charge < -0.3 is 15.7 Å². The van der Waals surface area contributed by atoms with Gasteiger partial charge in [-0.3, -0.25) is 0 Å². The maximum Gasteiger partial charge on any atom is 0.238 e. The molecule has 31 heavy (non-hydrogen) atoms. The summed E-state index contributed by atoms with van der Waals surface area (Å²) in [5.41, 5.74) is 3.62. The van der Waals surface area contributed by atoms with E-state index >= 15 is 0 Å². The van der Waals surface area contributed by atoms with Crippen molar-refractivity contribution >= 4 is 10.0 Å². The lowest BCUT2D eigenvalue weighted by Gasteiger charge is -2.32. The van der Waals surface area contributed by atoms with Crippen LogP contribution >= 0.6 is 0 Å². The molecule has 3 rings (SSSR count). The standard InChI is InChI=1S/C19H24N2O3S.C3H9N.C2H6/c1-13-18-12-16(22)6-4-15(18)5-9-19(13)21-11-10-14-2-7-17(8-3-14)25(20,23)24;1-3-4-2;1-2/h2-4,6-8,12-13,19,21-22H,5,9-11H2,1H3,(H2,20,23,24);4H,3H2,1-2H3;1-2H3. The molecule has 7 heteroatoms. The van der Waals surface area contributed by atoms with Crippen molar-refractivity contribution in [1.29, 1.82) is 0 Å². The monoisotopic (exact) mass is 449 g/mol. The zero-order valence-corrected chi connectivity index (χ0v) is 20.3. The lowest BCUT2D eigenvalue weighted by Crippen LogP contribution is -2.38. The Bertz CT molecular complexity index is 881. The van der Waals surface area contributed by atoms with Crippen molar-refractivity contribution in [1.82, 2.24) is 10.6 Å². The lowest BCUT2D eigenvalue weighted by atomic mass is 9.80. The van der Waals surface area contributed by atoms with Gasteiger partial charge in [-0.05, 0) is 86.3 Å². The van der Waals surface area contributed by atoms with E-state index in [1.807, 2.05) is 33.0 Å². The number of hydrogen-bond donors (Lipinski definition) is 4. The Morgan fingerprint density at radius 3 is 2.29 bits per heavy atom. The number of aromatic hydroxyl groups is 1. The van der Waals surface area contributed by atoms with Gasteiger partial charge in [-0.25, -0.2) is 13.6 Å². The molecule has 1 aliphatic rings. The average molecular weight is 450 g/mol. The van der Waals surface area contributed by atoms with Crippen molar-refractivity contribution < 1.29 is 13.5 Å². The fourth-order valence-corrected chi connectivity index (χ4v) is 4.05. The van der Waals surface area contributed by atoms with Crippen LogP contribution in [-0.2, 0) is 22.9 Å². The van der Waals surface area contributed by atoms with Gasteiger partial charge in [-0.2, -0.15) is 0 Å². The van der Waals surface area contributed by atoms with Crippen LogP contribution in [0.5, 0.6) is 5.75 Å². The molecule has 2 aromatic carbocycles. The van der Waals surface area contributed by atoms with Crippen molar-refractivity contribution in [3.8, 4) is 5.75 Å². The second-order valence-corrected chi connectivity index (χ2v) is 8.98. The van der Waals surface area contributed by atoms with Crippen LogP contribution in [0, 0.1) is 0 Å². The predicted octanol–water partition coefficient (Wildman–Crippen LogP) is 3.54. The molecule has 2 atom stereocenters. The van der Waals surface area contributed by atoms with Crippen LogP contribution in [0.15, 0.2) is 47.4 Å². The molecule has 0 amide bonds. The fourth-order valence-electron chi connectivity index (χ4n) is 3.54. The van der Waals surface area contributed by atoms with Crippen LogP contribution < -0.4 is 15.8 Å².